The highest BCUT2D eigenvalue weighted by Gasteiger charge is 2.16. The highest BCUT2D eigenvalue weighted by molar-refractivity contribution is 5.93. The lowest BCUT2D eigenvalue weighted by Crippen LogP contribution is -2.25. The fraction of sp³-hybridized carbons (Fsp3) is 0.368. The third-order valence-corrected chi connectivity index (χ3v) is 3.75. The Labute approximate surface area is 147 Å². The average Bonchev–Trinajstić information content (AvgIpc) is 3.07. The van der Waals surface area contributed by atoms with E-state index in [2.05, 4.69) is 31.4 Å². The third kappa shape index (κ3) is 5.38. The summed E-state index contributed by atoms with van der Waals surface area (Å²) in [6.45, 7) is 6.55. The lowest BCUT2D eigenvalue weighted by atomic mass is 9.87. The third-order valence-electron chi connectivity index (χ3n) is 3.75. The van der Waals surface area contributed by atoms with Crippen LogP contribution in [0.15, 0.2) is 41.0 Å². The number of furan rings is 1. The molecule has 6 heteroatoms. The van der Waals surface area contributed by atoms with Crippen LogP contribution >= 0.6 is 0 Å². The van der Waals surface area contributed by atoms with Crippen molar-refractivity contribution in [3.63, 3.8) is 0 Å². The van der Waals surface area contributed by atoms with Crippen LogP contribution in [0.25, 0.3) is 0 Å². The van der Waals surface area contributed by atoms with Gasteiger partial charge in [-0.2, -0.15) is 0 Å². The number of phenolic OH excluding ortho intramolecular Hbond substituents is 1. The van der Waals surface area contributed by atoms with E-state index in [1.807, 2.05) is 6.07 Å². The number of carbonyl (C=O) groups excluding carboxylic acids is 2. The molecule has 0 aliphatic carbocycles. The molecule has 1 aromatic heterocycles. The Balaban J connectivity index is 1.81. The summed E-state index contributed by atoms with van der Waals surface area (Å²) in [6.07, 6.45) is 2.15. The number of aromatic hydroxyl groups is 1. The van der Waals surface area contributed by atoms with Crippen LogP contribution in [0.1, 0.15) is 49.7 Å². The summed E-state index contributed by atoms with van der Waals surface area (Å²) >= 11 is 0. The van der Waals surface area contributed by atoms with Gasteiger partial charge in [0.1, 0.15) is 5.75 Å². The van der Waals surface area contributed by atoms with Crippen LogP contribution in [-0.4, -0.2) is 23.5 Å². The van der Waals surface area contributed by atoms with Crippen LogP contribution in [0.2, 0.25) is 0 Å². The maximum atomic E-state index is 12.0. The fourth-order valence-corrected chi connectivity index (χ4v) is 2.26. The van der Waals surface area contributed by atoms with E-state index in [9.17, 15) is 14.7 Å². The van der Waals surface area contributed by atoms with Crippen molar-refractivity contribution in [1.29, 1.82) is 0 Å². The molecule has 0 saturated carbocycles. The van der Waals surface area contributed by atoms with E-state index < -0.39 is 0 Å². The molecule has 0 atom stereocenters. The fourth-order valence-electron chi connectivity index (χ4n) is 2.26. The van der Waals surface area contributed by atoms with Crippen molar-refractivity contribution in [2.45, 2.75) is 39.0 Å². The van der Waals surface area contributed by atoms with Gasteiger partial charge >= 0.3 is 0 Å². The van der Waals surface area contributed by atoms with Crippen LogP contribution in [-0.2, 0) is 10.2 Å². The Morgan fingerprint density at radius 2 is 1.96 bits per heavy atom. The van der Waals surface area contributed by atoms with Gasteiger partial charge in [-0.3, -0.25) is 9.59 Å². The maximum Gasteiger partial charge on any atom is 0.286 e. The van der Waals surface area contributed by atoms with Crippen LogP contribution in [0.5, 0.6) is 5.75 Å². The predicted octanol–water partition coefficient (Wildman–Crippen LogP) is 3.43. The van der Waals surface area contributed by atoms with Crippen LogP contribution in [0.3, 0.4) is 0 Å². The molecule has 134 valence electrons. The molecule has 0 aliphatic rings. The number of anilines is 1. The van der Waals surface area contributed by atoms with Crippen molar-refractivity contribution in [3.05, 3.63) is 47.9 Å². The largest absolute Gasteiger partial charge is 0.506 e. The minimum absolute atomic E-state index is 0.0347. The molecule has 3 N–H and O–H groups in total. The molecule has 0 spiro atoms. The Morgan fingerprint density at radius 1 is 1.20 bits per heavy atom. The second-order valence-corrected chi connectivity index (χ2v) is 6.87. The Morgan fingerprint density at radius 3 is 2.60 bits per heavy atom. The summed E-state index contributed by atoms with van der Waals surface area (Å²) < 4.78 is 4.99. The van der Waals surface area contributed by atoms with Gasteiger partial charge < -0.3 is 20.2 Å². The zero-order valence-electron chi connectivity index (χ0n) is 14.8. The molecule has 0 saturated heterocycles. The predicted molar refractivity (Wildman–Crippen MR) is 95.7 cm³/mol. The molecule has 0 aliphatic heterocycles. The van der Waals surface area contributed by atoms with Crippen LogP contribution in [0.4, 0.5) is 5.69 Å². The molecular formula is C19H24N2O4. The number of hydrogen-bond acceptors (Lipinski definition) is 4. The maximum absolute atomic E-state index is 12.0. The number of amides is 2. The number of nitrogens with one attached hydrogen (secondary N) is 2. The van der Waals surface area contributed by atoms with E-state index in [0.717, 1.165) is 5.56 Å². The Hall–Kier alpha value is -2.76. The first-order valence-corrected chi connectivity index (χ1v) is 8.22. The monoisotopic (exact) mass is 344 g/mol. The molecule has 2 aromatic rings. The average molecular weight is 344 g/mol. The van der Waals surface area contributed by atoms with Gasteiger partial charge in [-0.1, -0.05) is 26.8 Å². The van der Waals surface area contributed by atoms with Crippen molar-refractivity contribution in [2.24, 2.45) is 0 Å². The van der Waals surface area contributed by atoms with Crippen LogP contribution < -0.4 is 10.6 Å². The molecule has 2 rings (SSSR count). The molecule has 1 aromatic carbocycles. The van der Waals surface area contributed by atoms with Gasteiger partial charge in [0, 0.05) is 13.0 Å². The summed E-state index contributed by atoms with van der Waals surface area (Å²) in [5, 5.41) is 15.3. The molecule has 0 fully saturated rings. The molecule has 2 amide bonds. The zero-order chi connectivity index (χ0) is 18.4. The molecule has 0 bridgehead atoms. The number of rotatable bonds is 6. The number of carbonyl (C=O) groups is 2. The van der Waals surface area contributed by atoms with Gasteiger partial charge in [-0.15, -0.1) is 0 Å². The lowest BCUT2D eigenvalue weighted by molar-refractivity contribution is -0.116. The SMILES string of the molecule is CC(C)(C)c1ccc(O)c(NC(=O)CCCNC(=O)c2ccco2)c1. The van der Waals surface area contributed by atoms with E-state index >= 15 is 0 Å². The first-order chi connectivity index (χ1) is 11.8. The minimum atomic E-state index is -0.305. The highest BCUT2D eigenvalue weighted by Crippen LogP contribution is 2.30. The molecular weight excluding hydrogens is 320 g/mol. The Kier molecular flexibility index (Phi) is 5.85. The normalized spacial score (nSPS) is 11.2. The summed E-state index contributed by atoms with van der Waals surface area (Å²) in [6, 6.07) is 8.43. The van der Waals surface area contributed by atoms with Gasteiger partial charge in [0.25, 0.3) is 5.91 Å². The lowest BCUT2D eigenvalue weighted by Gasteiger charge is -2.20. The van der Waals surface area contributed by atoms with E-state index in [1.165, 1.54) is 6.26 Å². The minimum Gasteiger partial charge on any atom is -0.506 e. The molecule has 25 heavy (non-hydrogen) atoms. The summed E-state index contributed by atoms with van der Waals surface area (Å²) in [4.78, 5) is 23.7. The van der Waals surface area contributed by atoms with Crippen molar-refractivity contribution in [1.82, 2.24) is 5.32 Å². The second kappa shape index (κ2) is 7.88. The van der Waals surface area contributed by atoms with Crippen molar-refractivity contribution in [3.8, 4) is 5.75 Å². The summed E-state index contributed by atoms with van der Waals surface area (Å²) in [5.74, 6) is -0.240. The zero-order valence-corrected chi connectivity index (χ0v) is 14.8. The van der Waals surface area contributed by atoms with Crippen molar-refractivity contribution in [2.75, 3.05) is 11.9 Å². The van der Waals surface area contributed by atoms with Crippen LogP contribution in [0, 0.1) is 0 Å². The van der Waals surface area contributed by atoms with Crippen molar-refractivity contribution >= 4 is 17.5 Å². The number of benzene rings is 1. The smallest absolute Gasteiger partial charge is 0.286 e. The first kappa shape index (κ1) is 18.6. The van der Waals surface area contributed by atoms with E-state index in [4.69, 9.17) is 4.42 Å². The molecule has 0 radical (unpaired) electrons. The quantitative estimate of drug-likeness (QED) is 0.553. The van der Waals surface area contributed by atoms with Gasteiger partial charge in [-0.25, -0.2) is 0 Å². The van der Waals surface area contributed by atoms with Crippen molar-refractivity contribution < 1.29 is 19.1 Å². The second-order valence-electron chi connectivity index (χ2n) is 6.87. The van der Waals surface area contributed by atoms with Gasteiger partial charge in [0.05, 0.1) is 12.0 Å². The van der Waals surface area contributed by atoms with Gasteiger partial charge in [-0.05, 0) is 41.7 Å². The van der Waals surface area contributed by atoms with E-state index in [0.29, 0.717) is 18.7 Å². The number of phenols is 1. The van der Waals surface area contributed by atoms with E-state index in [-0.39, 0.29) is 35.2 Å². The summed E-state index contributed by atoms with van der Waals surface area (Å²) in [7, 11) is 0. The molecule has 1 heterocycles. The number of hydrogen-bond donors (Lipinski definition) is 3. The summed E-state index contributed by atoms with van der Waals surface area (Å²) in [5.41, 5.74) is 1.34. The molecule has 0 unspecified atom stereocenters. The van der Waals surface area contributed by atoms with Gasteiger partial charge in [0.2, 0.25) is 5.91 Å². The first-order valence-electron chi connectivity index (χ1n) is 8.22. The Bertz CT molecular complexity index is 730. The standard InChI is InChI=1S/C19H24N2O4/c1-19(2,3)13-8-9-15(22)14(12-13)21-17(23)7-4-10-20-18(24)16-6-5-11-25-16/h5-6,8-9,11-12,22H,4,7,10H2,1-3H3,(H,20,24)(H,21,23). The highest BCUT2D eigenvalue weighted by atomic mass is 16.3. The molecule has 6 nitrogen and oxygen atoms in total. The van der Waals surface area contributed by atoms with Gasteiger partial charge in [0.15, 0.2) is 5.76 Å². The van der Waals surface area contributed by atoms with E-state index in [1.54, 1.807) is 24.3 Å². The topological polar surface area (TPSA) is 91.6 Å².